The Morgan fingerprint density at radius 3 is 1.89 bits per heavy atom. The van der Waals surface area contributed by atoms with Gasteiger partial charge in [-0.1, -0.05) is 62.4 Å². The average molecular weight is 719 g/mol. The van der Waals surface area contributed by atoms with E-state index in [1.807, 2.05) is 36.4 Å². The number of para-hydroxylation sites is 2. The van der Waals surface area contributed by atoms with Crippen LogP contribution in [0.5, 0.6) is 11.5 Å². The predicted molar refractivity (Wildman–Crippen MR) is 217 cm³/mol. The molecule has 0 N–H and O–H groups in total. The summed E-state index contributed by atoms with van der Waals surface area (Å²) in [5, 5.41) is 0. The summed E-state index contributed by atoms with van der Waals surface area (Å²) >= 11 is 0. The first kappa shape index (κ1) is 36.4. The van der Waals surface area contributed by atoms with Crippen molar-refractivity contribution in [2.75, 3.05) is 23.9 Å². The molecule has 0 radical (unpaired) electrons. The molecule has 4 aromatic rings. The SMILES string of the molecule is CC(=O)Oc1ccc2c(c1)C(C)(C)C(/C=C/C1=C(N(c3ccccc3)c3ccccc3)C(=C/C=C3/N(C)c4ccc(OC(C)=O)cc4C3(C)C)/CC1)=[N+]2C. The molecule has 0 fully saturated rings. The number of likely N-dealkylation sites (N-methyl/N-ethyl adjacent to an activating group) is 1. The van der Waals surface area contributed by atoms with Crippen LogP contribution in [0.15, 0.2) is 144 Å². The third-order valence-electron chi connectivity index (χ3n) is 10.9. The molecule has 2 heterocycles. The van der Waals surface area contributed by atoms with E-state index in [0.717, 1.165) is 58.1 Å². The molecule has 3 aliphatic rings. The Balaban J connectivity index is 1.34. The number of nitrogens with zero attached hydrogens (tertiary/aromatic N) is 3. The summed E-state index contributed by atoms with van der Waals surface area (Å²) in [7, 11) is 4.21. The molecule has 0 aromatic heterocycles. The summed E-state index contributed by atoms with van der Waals surface area (Å²) in [6.07, 6.45) is 10.9. The number of carbonyl (C=O) groups excluding carboxylic acids is 2. The lowest BCUT2D eigenvalue weighted by atomic mass is 9.81. The van der Waals surface area contributed by atoms with Gasteiger partial charge in [0.15, 0.2) is 5.71 Å². The minimum atomic E-state index is -0.328. The van der Waals surface area contributed by atoms with Crippen LogP contribution in [0.1, 0.15) is 65.5 Å². The molecule has 2 aliphatic heterocycles. The van der Waals surface area contributed by atoms with Crippen molar-refractivity contribution in [3.05, 3.63) is 155 Å². The molecular weight excluding hydrogens is 671 g/mol. The van der Waals surface area contributed by atoms with Crippen LogP contribution in [0, 0.1) is 0 Å². The Bertz CT molecular complexity index is 2270. The topological polar surface area (TPSA) is 62.1 Å². The van der Waals surface area contributed by atoms with E-state index < -0.39 is 0 Å². The number of hydrogen-bond donors (Lipinski definition) is 0. The molecule has 7 heteroatoms. The number of rotatable bonds is 8. The summed E-state index contributed by atoms with van der Waals surface area (Å²) in [6.45, 7) is 11.8. The summed E-state index contributed by atoms with van der Waals surface area (Å²) in [5.41, 5.74) is 12.0. The highest BCUT2D eigenvalue weighted by Crippen LogP contribution is 2.49. The molecule has 0 amide bonds. The zero-order valence-electron chi connectivity index (χ0n) is 32.4. The molecule has 274 valence electrons. The second-order valence-electron chi connectivity index (χ2n) is 15.3. The minimum Gasteiger partial charge on any atom is -0.427 e. The molecule has 0 spiro atoms. The number of allylic oxidation sites excluding steroid dienone is 7. The van der Waals surface area contributed by atoms with Gasteiger partial charge in [0.1, 0.15) is 18.5 Å². The Labute approximate surface area is 318 Å². The van der Waals surface area contributed by atoms with Crippen LogP contribution in [0.25, 0.3) is 0 Å². The van der Waals surface area contributed by atoms with Gasteiger partial charge in [-0.25, -0.2) is 0 Å². The first-order valence-corrected chi connectivity index (χ1v) is 18.5. The van der Waals surface area contributed by atoms with Crippen molar-refractivity contribution < 1.29 is 23.6 Å². The van der Waals surface area contributed by atoms with Gasteiger partial charge < -0.3 is 19.3 Å². The summed E-state index contributed by atoms with van der Waals surface area (Å²) in [4.78, 5) is 28.1. The lowest BCUT2D eigenvalue weighted by Gasteiger charge is -2.29. The van der Waals surface area contributed by atoms with Crippen molar-refractivity contribution in [1.82, 2.24) is 0 Å². The van der Waals surface area contributed by atoms with Crippen molar-refractivity contribution in [2.45, 2.75) is 65.2 Å². The summed E-state index contributed by atoms with van der Waals surface area (Å²) in [6, 6.07) is 32.9. The van der Waals surface area contributed by atoms with Gasteiger partial charge in [0.2, 0.25) is 5.69 Å². The van der Waals surface area contributed by atoms with Crippen molar-refractivity contribution in [3.8, 4) is 11.5 Å². The van der Waals surface area contributed by atoms with Crippen LogP contribution >= 0.6 is 0 Å². The minimum absolute atomic E-state index is 0.319. The highest BCUT2D eigenvalue weighted by atomic mass is 16.5. The lowest BCUT2D eigenvalue weighted by Crippen LogP contribution is -2.26. The van der Waals surface area contributed by atoms with Crippen LogP contribution < -0.4 is 19.3 Å². The van der Waals surface area contributed by atoms with Crippen LogP contribution in [0.2, 0.25) is 0 Å². The van der Waals surface area contributed by atoms with Gasteiger partial charge in [-0.3, -0.25) is 9.59 Å². The number of hydrogen-bond acceptors (Lipinski definition) is 6. The molecule has 1 aliphatic carbocycles. The number of anilines is 3. The molecule has 0 bridgehead atoms. The number of esters is 2. The van der Waals surface area contributed by atoms with E-state index in [0.29, 0.717) is 11.5 Å². The van der Waals surface area contributed by atoms with E-state index in [2.05, 4.69) is 141 Å². The predicted octanol–water partition coefficient (Wildman–Crippen LogP) is 10.2. The zero-order valence-corrected chi connectivity index (χ0v) is 32.4. The Kier molecular flexibility index (Phi) is 9.52. The Morgan fingerprint density at radius 2 is 1.30 bits per heavy atom. The fourth-order valence-electron chi connectivity index (χ4n) is 8.33. The molecule has 0 atom stereocenters. The molecule has 0 saturated heterocycles. The molecule has 4 aromatic carbocycles. The smallest absolute Gasteiger partial charge is 0.308 e. The van der Waals surface area contributed by atoms with Gasteiger partial charge in [0.25, 0.3) is 0 Å². The third-order valence-corrected chi connectivity index (χ3v) is 10.9. The first-order valence-electron chi connectivity index (χ1n) is 18.5. The number of fused-ring (bicyclic) bond motifs is 2. The van der Waals surface area contributed by atoms with Gasteiger partial charge in [0.05, 0.1) is 11.1 Å². The third kappa shape index (κ3) is 6.59. The second kappa shape index (κ2) is 14.1. The lowest BCUT2D eigenvalue weighted by molar-refractivity contribution is -0.401. The van der Waals surface area contributed by atoms with Gasteiger partial charge in [-0.05, 0) is 104 Å². The van der Waals surface area contributed by atoms with E-state index in [1.165, 1.54) is 30.7 Å². The van der Waals surface area contributed by atoms with Gasteiger partial charge in [-0.2, -0.15) is 4.58 Å². The first-order chi connectivity index (χ1) is 25.8. The van der Waals surface area contributed by atoms with Crippen LogP contribution in [0.4, 0.5) is 22.7 Å². The largest absolute Gasteiger partial charge is 0.427 e. The maximum absolute atomic E-state index is 11.8. The molecule has 0 unspecified atom stereocenters. The number of ether oxygens (including phenoxy) is 2. The fourth-order valence-corrected chi connectivity index (χ4v) is 8.33. The highest BCUT2D eigenvalue weighted by molar-refractivity contribution is 6.03. The zero-order chi connectivity index (χ0) is 38.4. The van der Waals surface area contributed by atoms with Crippen LogP contribution in [0.3, 0.4) is 0 Å². The van der Waals surface area contributed by atoms with Gasteiger partial charge >= 0.3 is 11.9 Å². The van der Waals surface area contributed by atoms with Crippen molar-refractivity contribution in [1.29, 1.82) is 0 Å². The molecule has 54 heavy (non-hydrogen) atoms. The van der Waals surface area contributed by atoms with E-state index in [1.54, 1.807) is 0 Å². The van der Waals surface area contributed by atoms with Crippen LogP contribution in [-0.4, -0.2) is 36.3 Å². The maximum Gasteiger partial charge on any atom is 0.308 e. The summed E-state index contributed by atoms with van der Waals surface area (Å²) < 4.78 is 13.2. The van der Waals surface area contributed by atoms with E-state index in [4.69, 9.17) is 9.47 Å². The average Bonchev–Trinajstić information content (AvgIpc) is 3.67. The van der Waals surface area contributed by atoms with Crippen molar-refractivity contribution in [2.24, 2.45) is 0 Å². The summed E-state index contributed by atoms with van der Waals surface area (Å²) in [5.74, 6) is 0.461. The molecule has 0 saturated carbocycles. The van der Waals surface area contributed by atoms with Gasteiger partial charge in [0, 0.05) is 66.8 Å². The standard InChI is InChI=1S/C47H48N3O4/c1-31(51)53-37-23-25-41-39(29-37)46(3,4)43(48(41)7)27-21-33-19-20-34(45(33)50(35-15-11-9-12-16-35)36-17-13-10-14-18-36)22-28-44-47(5,6)40-30-38(54-32(2)52)24-26-42(40)49(44)8/h9-18,21-30H,19-20H2,1-8H3/q+1. The number of carbonyl (C=O) groups is 2. The Morgan fingerprint density at radius 1 is 0.722 bits per heavy atom. The number of benzene rings is 4. The normalized spacial score (nSPS) is 18.5. The Hall–Kier alpha value is -5.95. The second-order valence-corrected chi connectivity index (χ2v) is 15.3. The molecular formula is C47H48N3O4+. The molecule has 7 nitrogen and oxygen atoms in total. The van der Waals surface area contributed by atoms with Crippen molar-refractivity contribution in [3.63, 3.8) is 0 Å². The van der Waals surface area contributed by atoms with E-state index in [-0.39, 0.29) is 22.8 Å². The van der Waals surface area contributed by atoms with Crippen LogP contribution in [-0.2, 0) is 20.4 Å². The maximum atomic E-state index is 11.8. The highest BCUT2D eigenvalue weighted by Gasteiger charge is 2.44. The van der Waals surface area contributed by atoms with Gasteiger partial charge in [-0.15, -0.1) is 0 Å². The quantitative estimate of drug-likeness (QED) is 0.103. The molecule has 7 rings (SSSR count). The van der Waals surface area contributed by atoms with E-state index in [9.17, 15) is 9.59 Å². The monoisotopic (exact) mass is 718 g/mol. The fraction of sp³-hybridized carbons (Fsp3) is 0.255. The van der Waals surface area contributed by atoms with Crippen molar-refractivity contribution >= 4 is 40.4 Å². The van der Waals surface area contributed by atoms with E-state index >= 15 is 0 Å².